The Morgan fingerprint density at radius 2 is 2.10 bits per heavy atom. The molecule has 5 nitrogen and oxygen atoms in total. The first kappa shape index (κ1) is 16.6. The maximum absolute atomic E-state index is 12.3. The van der Waals surface area contributed by atoms with Crippen LogP contribution in [-0.4, -0.2) is 59.9 Å². The number of hydrogen-bond donors (Lipinski definition) is 2. The van der Waals surface area contributed by atoms with E-state index in [-0.39, 0.29) is 17.9 Å². The van der Waals surface area contributed by atoms with E-state index < -0.39 is 0 Å². The van der Waals surface area contributed by atoms with Crippen LogP contribution in [-0.2, 0) is 9.59 Å². The van der Waals surface area contributed by atoms with Gasteiger partial charge in [-0.25, -0.2) is 0 Å². The van der Waals surface area contributed by atoms with Crippen molar-refractivity contribution in [1.29, 1.82) is 0 Å². The summed E-state index contributed by atoms with van der Waals surface area (Å²) in [6.07, 6.45) is 3.86. The number of hydrogen-bond acceptors (Lipinski definition) is 4. The van der Waals surface area contributed by atoms with Gasteiger partial charge in [0.2, 0.25) is 11.8 Å². The van der Waals surface area contributed by atoms with Crippen molar-refractivity contribution in [2.45, 2.75) is 51.1 Å². The van der Waals surface area contributed by atoms with Gasteiger partial charge in [-0.2, -0.15) is 11.8 Å². The monoisotopic (exact) mass is 313 g/mol. The standard InChI is InChI=1S/C15H27N3O2S/c1-2-3-14(19)17-12-4-7-18(8-5-12)15(20)10-13-11-21-9-6-16-13/h12-13,16H,2-11H2,1H3,(H,17,19). The van der Waals surface area contributed by atoms with Gasteiger partial charge in [-0.3, -0.25) is 9.59 Å². The fraction of sp³-hybridized carbons (Fsp3) is 0.867. The number of piperidine rings is 1. The number of nitrogens with one attached hydrogen (secondary N) is 2. The largest absolute Gasteiger partial charge is 0.353 e. The molecule has 0 aromatic rings. The Labute approximate surface area is 131 Å². The molecule has 0 saturated carbocycles. The van der Waals surface area contributed by atoms with Crippen molar-refractivity contribution in [3.8, 4) is 0 Å². The van der Waals surface area contributed by atoms with E-state index in [1.54, 1.807) is 0 Å². The van der Waals surface area contributed by atoms with E-state index in [2.05, 4.69) is 10.6 Å². The first-order chi connectivity index (χ1) is 10.2. The summed E-state index contributed by atoms with van der Waals surface area (Å²) in [5, 5.41) is 6.48. The van der Waals surface area contributed by atoms with Crippen LogP contribution in [0, 0.1) is 0 Å². The average molecular weight is 313 g/mol. The van der Waals surface area contributed by atoms with Crippen LogP contribution in [0.1, 0.15) is 39.0 Å². The van der Waals surface area contributed by atoms with Gasteiger partial charge in [-0.15, -0.1) is 0 Å². The predicted molar refractivity (Wildman–Crippen MR) is 86.4 cm³/mol. The van der Waals surface area contributed by atoms with Crippen LogP contribution < -0.4 is 10.6 Å². The Balaban J connectivity index is 1.67. The first-order valence-corrected chi connectivity index (χ1v) is 9.22. The third-order valence-corrected chi connectivity index (χ3v) is 5.24. The lowest BCUT2D eigenvalue weighted by Crippen LogP contribution is -2.48. The lowest BCUT2D eigenvalue weighted by atomic mass is 10.0. The van der Waals surface area contributed by atoms with E-state index in [0.29, 0.717) is 18.9 Å². The Morgan fingerprint density at radius 3 is 2.71 bits per heavy atom. The van der Waals surface area contributed by atoms with Gasteiger partial charge in [0, 0.05) is 56.1 Å². The Bertz CT molecular complexity index is 351. The second kappa shape index (κ2) is 8.63. The van der Waals surface area contributed by atoms with Crippen molar-refractivity contribution in [2.24, 2.45) is 0 Å². The summed E-state index contributed by atoms with van der Waals surface area (Å²) in [4.78, 5) is 25.8. The first-order valence-electron chi connectivity index (χ1n) is 8.07. The minimum absolute atomic E-state index is 0.144. The second-order valence-electron chi connectivity index (χ2n) is 5.90. The smallest absolute Gasteiger partial charge is 0.224 e. The van der Waals surface area contributed by atoms with Crippen LogP contribution in [0.2, 0.25) is 0 Å². The molecule has 0 aliphatic carbocycles. The van der Waals surface area contributed by atoms with E-state index >= 15 is 0 Å². The van der Waals surface area contributed by atoms with E-state index in [1.807, 2.05) is 23.6 Å². The van der Waals surface area contributed by atoms with Crippen molar-refractivity contribution in [2.75, 3.05) is 31.1 Å². The van der Waals surface area contributed by atoms with Gasteiger partial charge in [0.25, 0.3) is 0 Å². The van der Waals surface area contributed by atoms with E-state index in [4.69, 9.17) is 0 Å². The third-order valence-electron chi connectivity index (χ3n) is 4.11. The zero-order valence-corrected chi connectivity index (χ0v) is 13.7. The summed E-state index contributed by atoms with van der Waals surface area (Å²) in [5.74, 6) is 2.59. The molecule has 0 aromatic carbocycles. The van der Waals surface area contributed by atoms with Crippen LogP contribution in [0.25, 0.3) is 0 Å². The molecule has 2 rings (SSSR count). The molecular formula is C15H27N3O2S. The highest BCUT2D eigenvalue weighted by atomic mass is 32.2. The molecule has 0 spiro atoms. The van der Waals surface area contributed by atoms with Crippen molar-refractivity contribution >= 4 is 23.6 Å². The Hall–Kier alpha value is -0.750. The molecule has 0 radical (unpaired) electrons. The van der Waals surface area contributed by atoms with E-state index in [1.165, 1.54) is 0 Å². The molecule has 2 fully saturated rings. The lowest BCUT2D eigenvalue weighted by molar-refractivity contribution is -0.132. The van der Waals surface area contributed by atoms with Crippen LogP contribution in [0.5, 0.6) is 0 Å². The lowest BCUT2D eigenvalue weighted by Gasteiger charge is -2.34. The molecule has 2 amide bonds. The number of nitrogens with zero attached hydrogens (tertiary/aromatic N) is 1. The van der Waals surface area contributed by atoms with E-state index in [9.17, 15) is 9.59 Å². The highest BCUT2D eigenvalue weighted by molar-refractivity contribution is 7.99. The van der Waals surface area contributed by atoms with Gasteiger partial charge in [-0.1, -0.05) is 6.92 Å². The zero-order chi connectivity index (χ0) is 15.1. The SMILES string of the molecule is CCCC(=O)NC1CCN(C(=O)CC2CSCCN2)CC1. The highest BCUT2D eigenvalue weighted by Crippen LogP contribution is 2.15. The number of rotatable bonds is 5. The van der Waals surface area contributed by atoms with Crippen molar-refractivity contribution in [3.05, 3.63) is 0 Å². The molecule has 2 saturated heterocycles. The Morgan fingerprint density at radius 1 is 1.33 bits per heavy atom. The van der Waals surface area contributed by atoms with Gasteiger partial charge in [0.1, 0.15) is 0 Å². The van der Waals surface area contributed by atoms with Crippen LogP contribution in [0.3, 0.4) is 0 Å². The maximum atomic E-state index is 12.3. The minimum atomic E-state index is 0.144. The molecule has 6 heteroatoms. The van der Waals surface area contributed by atoms with Crippen molar-refractivity contribution in [1.82, 2.24) is 15.5 Å². The molecule has 0 bridgehead atoms. The zero-order valence-electron chi connectivity index (χ0n) is 12.9. The number of thioether (sulfide) groups is 1. The summed E-state index contributed by atoms with van der Waals surface area (Å²) >= 11 is 1.92. The molecule has 21 heavy (non-hydrogen) atoms. The second-order valence-corrected chi connectivity index (χ2v) is 7.05. The molecule has 120 valence electrons. The minimum Gasteiger partial charge on any atom is -0.353 e. The molecule has 0 aromatic heterocycles. The summed E-state index contributed by atoms with van der Waals surface area (Å²) in [6, 6.07) is 0.578. The van der Waals surface area contributed by atoms with Gasteiger partial charge in [-0.05, 0) is 19.3 Å². The van der Waals surface area contributed by atoms with Crippen molar-refractivity contribution in [3.63, 3.8) is 0 Å². The predicted octanol–water partition coefficient (Wildman–Crippen LogP) is 0.989. The van der Waals surface area contributed by atoms with Gasteiger partial charge >= 0.3 is 0 Å². The molecule has 1 unspecified atom stereocenters. The quantitative estimate of drug-likeness (QED) is 0.794. The molecule has 2 heterocycles. The normalized spacial score (nSPS) is 23.9. The fourth-order valence-corrected chi connectivity index (χ4v) is 3.84. The van der Waals surface area contributed by atoms with Crippen LogP contribution in [0.15, 0.2) is 0 Å². The molecule has 1 atom stereocenters. The summed E-state index contributed by atoms with van der Waals surface area (Å²) in [6.45, 7) is 4.57. The molecule has 2 N–H and O–H groups in total. The molecule has 2 aliphatic rings. The summed E-state index contributed by atoms with van der Waals surface area (Å²) < 4.78 is 0. The highest BCUT2D eigenvalue weighted by Gasteiger charge is 2.25. The van der Waals surface area contributed by atoms with Gasteiger partial charge in [0.15, 0.2) is 0 Å². The van der Waals surface area contributed by atoms with Crippen molar-refractivity contribution < 1.29 is 9.59 Å². The number of carbonyl (C=O) groups excluding carboxylic acids is 2. The number of amides is 2. The summed E-state index contributed by atoms with van der Waals surface area (Å²) in [5.41, 5.74) is 0. The molecular weight excluding hydrogens is 286 g/mol. The topological polar surface area (TPSA) is 61.4 Å². The summed E-state index contributed by atoms with van der Waals surface area (Å²) in [7, 11) is 0. The third kappa shape index (κ3) is 5.51. The average Bonchev–Trinajstić information content (AvgIpc) is 2.49. The van der Waals surface area contributed by atoms with Crippen LogP contribution in [0.4, 0.5) is 0 Å². The van der Waals surface area contributed by atoms with Gasteiger partial charge < -0.3 is 15.5 Å². The number of carbonyl (C=O) groups is 2. The Kier molecular flexibility index (Phi) is 6.83. The molecule has 2 aliphatic heterocycles. The van der Waals surface area contributed by atoms with Crippen LogP contribution >= 0.6 is 11.8 Å². The maximum Gasteiger partial charge on any atom is 0.224 e. The van der Waals surface area contributed by atoms with E-state index in [0.717, 1.165) is 50.4 Å². The van der Waals surface area contributed by atoms with Gasteiger partial charge in [0.05, 0.1) is 0 Å². The number of likely N-dealkylation sites (tertiary alicyclic amines) is 1. The fourth-order valence-electron chi connectivity index (χ4n) is 2.89.